The maximum Gasteiger partial charge on any atom is 0.163 e. The minimum Gasteiger partial charge on any atom is -0.497 e. The standard InChI is InChI=1S/C18H24O5/c1-18(2)22-13-17(23-18)16(6-4-5-11-19)21-12-14-7-9-15(20-3)10-8-14/h4-5,7-11,16-17H,6,12-13H2,1-3H3/b5-4+/t16-,17+/m1/s1. The maximum absolute atomic E-state index is 10.5. The van der Waals surface area contributed by atoms with Gasteiger partial charge in [0, 0.05) is 0 Å². The molecule has 1 heterocycles. The van der Waals surface area contributed by atoms with Crippen LogP contribution in [0.3, 0.4) is 0 Å². The fourth-order valence-electron chi connectivity index (χ4n) is 2.42. The van der Waals surface area contributed by atoms with Crippen molar-refractivity contribution in [3.8, 4) is 5.75 Å². The van der Waals surface area contributed by atoms with E-state index in [2.05, 4.69) is 0 Å². The van der Waals surface area contributed by atoms with Crippen molar-refractivity contribution in [3.63, 3.8) is 0 Å². The Hall–Kier alpha value is -1.69. The van der Waals surface area contributed by atoms with Crippen LogP contribution in [0.5, 0.6) is 5.75 Å². The lowest BCUT2D eigenvalue weighted by Crippen LogP contribution is -2.32. The fourth-order valence-corrected chi connectivity index (χ4v) is 2.42. The fraction of sp³-hybridized carbons (Fsp3) is 0.500. The van der Waals surface area contributed by atoms with E-state index in [1.165, 1.54) is 6.08 Å². The molecular formula is C18H24O5. The lowest BCUT2D eigenvalue weighted by Gasteiger charge is -2.23. The van der Waals surface area contributed by atoms with Crippen LogP contribution in [0.1, 0.15) is 25.8 Å². The minimum atomic E-state index is -0.596. The smallest absolute Gasteiger partial charge is 0.163 e. The molecule has 0 aliphatic carbocycles. The van der Waals surface area contributed by atoms with Gasteiger partial charge >= 0.3 is 0 Å². The van der Waals surface area contributed by atoms with Gasteiger partial charge in [0.15, 0.2) is 5.79 Å². The molecule has 5 nitrogen and oxygen atoms in total. The van der Waals surface area contributed by atoms with Gasteiger partial charge in [-0.25, -0.2) is 0 Å². The first-order valence-corrected chi connectivity index (χ1v) is 7.70. The van der Waals surface area contributed by atoms with Gasteiger partial charge in [0.05, 0.1) is 26.4 Å². The van der Waals surface area contributed by atoms with E-state index in [4.69, 9.17) is 18.9 Å². The van der Waals surface area contributed by atoms with Crippen LogP contribution in [-0.2, 0) is 25.6 Å². The SMILES string of the molecule is COc1ccc(CO[C@H](C/C=C/C=O)[C@@H]2COC(C)(C)O2)cc1. The Morgan fingerprint density at radius 1 is 1.35 bits per heavy atom. The van der Waals surface area contributed by atoms with Gasteiger partial charge in [-0.15, -0.1) is 0 Å². The van der Waals surface area contributed by atoms with Crippen molar-refractivity contribution >= 4 is 6.29 Å². The lowest BCUT2D eigenvalue weighted by molar-refractivity contribution is -0.157. The van der Waals surface area contributed by atoms with Gasteiger partial charge in [-0.2, -0.15) is 0 Å². The summed E-state index contributed by atoms with van der Waals surface area (Å²) >= 11 is 0. The minimum absolute atomic E-state index is 0.153. The van der Waals surface area contributed by atoms with E-state index in [0.29, 0.717) is 19.6 Å². The van der Waals surface area contributed by atoms with Gasteiger partial charge < -0.3 is 18.9 Å². The summed E-state index contributed by atoms with van der Waals surface area (Å²) in [5, 5.41) is 0. The molecule has 1 aromatic carbocycles. The molecule has 0 unspecified atom stereocenters. The van der Waals surface area contributed by atoms with Crippen molar-refractivity contribution in [3.05, 3.63) is 42.0 Å². The maximum atomic E-state index is 10.5. The molecule has 0 saturated carbocycles. The van der Waals surface area contributed by atoms with Crippen molar-refractivity contribution in [1.29, 1.82) is 0 Å². The van der Waals surface area contributed by atoms with Crippen LogP contribution in [0.2, 0.25) is 0 Å². The molecule has 0 N–H and O–H groups in total. The Bertz CT molecular complexity index is 521. The molecule has 126 valence electrons. The molecule has 1 aliphatic heterocycles. The van der Waals surface area contributed by atoms with E-state index in [1.807, 2.05) is 38.1 Å². The molecule has 2 atom stereocenters. The van der Waals surface area contributed by atoms with Crippen molar-refractivity contribution in [1.82, 2.24) is 0 Å². The number of methoxy groups -OCH3 is 1. The van der Waals surface area contributed by atoms with E-state index in [0.717, 1.165) is 17.6 Å². The van der Waals surface area contributed by atoms with Crippen LogP contribution in [-0.4, -0.2) is 38.0 Å². The zero-order valence-corrected chi connectivity index (χ0v) is 13.9. The van der Waals surface area contributed by atoms with Gasteiger partial charge in [-0.3, -0.25) is 4.79 Å². The van der Waals surface area contributed by atoms with Gasteiger partial charge in [0.2, 0.25) is 0 Å². The van der Waals surface area contributed by atoms with E-state index in [1.54, 1.807) is 13.2 Å². The number of carbonyl (C=O) groups is 1. The average Bonchev–Trinajstić information content (AvgIpc) is 2.91. The quantitative estimate of drug-likeness (QED) is 0.544. The van der Waals surface area contributed by atoms with Crippen LogP contribution in [0.4, 0.5) is 0 Å². The number of aldehydes is 1. The number of ether oxygens (including phenoxy) is 4. The van der Waals surface area contributed by atoms with Crippen molar-refractivity contribution < 1.29 is 23.7 Å². The van der Waals surface area contributed by atoms with Crippen LogP contribution >= 0.6 is 0 Å². The molecule has 0 spiro atoms. The van der Waals surface area contributed by atoms with Crippen LogP contribution < -0.4 is 4.74 Å². The van der Waals surface area contributed by atoms with Gasteiger partial charge in [0.25, 0.3) is 0 Å². The molecule has 1 saturated heterocycles. The van der Waals surface area contributed by atoms with Crippen molar-refractivity contribution in [2.45, 2.75) is 44.9 Å². The number of hydrogen-bond donors (Lipinski definition) is 0. The molecule has 5 heteroatoms. The zero-order chi connectivity index (χ0) is 16.7. The molecule has 0 aromatic heterocycles. The lowest BCUT2D eigenvalue weighted by atomic mass is 10.1. The molecule has 23 heavy (non-hydrogen) atoms. The Labute approximate surface area is 137 Å². The summed E-state index contributed by atoms with van der Waals surface area (Å²) < 4.78 is 22.6. The summed E-state index contributed by atoms with van der Waals surface area (Å²) in [6.07, 6.45) is 4.30. The first kappa shape index (κ1) is 17.7. The molecule has 0 bridgehead atoms. The predicted molar refractivity (Wildman–Crippen MR) is 86.3 cm³/mol. The molecule has 2 rings (SSSR count). The van der Waals surface area contributed by atoms with Crippen LogP contribution in [0.25, 0.3) is 0 Å². The number of hydrogen-bond acceptors (Lipinski definition) is 5. The second-order valence-corrected chi connectivity index (χ2v) is 5.86. The Balaban J connectivity index is 1.96. The summed E-state index contributed by atoms with van der Waals surface area (Å²) in [5.74, 6) is 0.217. The molecule has 1 aromatic rings. The summed E-state index contributed by atoms with van der Waals surface area (Å²) in [6.45, 7) is 4.71. The van der Waals surface area contributed by atoms with E-state index in [9.17, 15) is 4.79 Å². The summed E-state index contributed by atoms with van der Waals surface area (Å²) in [7, 11) is 1.64. The second kappa shape index (κ2) is 8.24. The highest BCUT2D eigenvalue weighted by Crippen LogP contribution is 2.27. The molecule has 1 fully saturated rings. The molecule has 0 amide bonds. The van der Waals surface area contributed by atoms with Gasteiger partial charge in [0.1, 0.15) is 18.1 Å². The Kier molecular flexibility index (Phi) is 6.33. The third kappa shape index (κ3) is 5.46. The van der Waals surface area contributed by atoms with Crippen LogP contribution in [0.15, 0.2) is 36.4 Å². The Morgan fingerprint density at radius 3 is 2.65 bits per heavy atom. The van der Waals surface area contributed by atoms with E-state index < -0.39 is 5.79 Å². The number of carbonyl (C=O) groups excluding carboxylic acids is 1. The average molecular weight is 320 g/mol. The molecular weight excluding hydrogens is 296 g/mol. The summed E-state index contributed by atoms with van der Waals surface area (Å²) in [5.41, 5.74) is 1.05. The highest BCUT2D eigenvalue weighted by Gasteiger charge is 2.37. The third-order valence-electron chi connectivity index (χ3n) is 3.65. The normalized spacial score (nSPS) is 21.4. The third-order valence-corrected chi connectivity index (χ3v) is 3.65. The number of rotatable bonds is 8. The zero-order valence-electron chi connectivity index (χ0n) is 13.9. The number of benzene rings is 1. The van der Waals surface area contributed by atoms with Gasteiger partial charge in [-0.1, -0.05) is 18.2 Å². The second-order valence-electron chi connectivity index (χ2n) is 5.86. The summed E-state index contributed by atoms with van der Waals surface area (Å²) in [4.78, 5) is 10.5. The van der Waals surface area contributed by atoms with Crippen LogP contribution in [0, 0.1) is 0 Å². The topological polar surface area (TPSA) is 54.0 Å². The highest BCUT2D eigenvalue weighted by atomic mass is 16.7. The summed E-state index contributed by atoms with van der Waals surface area (Å²) in [6, 6.07) is 7.73. The van der Waals surface area contributed by atoms with E-state index in [-0.39, 0.29) is 12.2 Å². The van der Waals surface area contributed by atoms with Gasteiger partial charge in [-0.05, 0) is 44.0 Å². The Morgan fingerprint density at radius 2 is 2.09 bits per heavy atom. The first-order valence-electron chi connectivity index (χ1n) is 7.70. The van der Waals surface area contributed by atoms with Crippen molar-refractivity contribution in [2.75, 3.05) is 13.7 Å². The largest absolute Gasteiger partial charge is 0.497 e. The first-order chi connectivity index (χ1) is 11.0. The predicted octanol–water partition coefficient (Wildman–Crippen LogP) is 2.88. The highest BCUT2D eigenvalue weighted by molar-refractivity contribution is 5.64. The van der Waals surface area contributed by atoms with E-state index >= 15 is 0 Å². The number of allylic oxidation sites excluding steroid dienone is 1. The molecule has 0 radical (unpaired) electrons. The molecule has 1 aliphatic rings. The monoisotopic (exact) mass is 320 g/mol. The van der Waals surface area contributed by atoms with Crippen molar-refractivity contribution in [2.24, 2.45) is 0 Å².